The van der Waals surface area contributed by atoms with Gasteiger partial charge >= 0.3 is 0 Å². The van der Waals surface area contributed by atoms with Crippen LogP contribution in [0.25, 0.3) is 0 Å². The van der Waals surface area contributed by atoms with E-state index in [1.54, 1.807) is 4.90 Å². The normalized spacial score (nSPS) is 17.9. The van der Waals surface area contributed by atoms with Crippen molar-refractivity contribution in [2.75, 3.05) is 19.6 Å². The molecule has 0 aromatic heterocycles. The van der Waals surface area contributed by atoms with Crippen molar-refractivity contribution in [2.45, 2.75) is 12.8 Å². The van der Waals surface area contributed by atoms with Gasteiger partial charge in [0.1, 0.15) is 12.4 Å². The zero-order chi connectivity index (χ0) is 14.3. The highest BCUT2D eigenvalue weighted by molar-refractivity contribution is 6.22. The molecule has 2 aliphatic rings. The third-order valence-electron chi connectivity index (χ3n) is 3.70. The molecule has 6 heteroatoms. The minimum atomic E-state index is -0.726. The van der Waals surface area contributed by atoms with Crippen LogP contribution >= 0.6 is 0 Å². The molecule has 2 heterocycles. The molecule has 1 fully saturated rings. The Hall–Kier alpha value is -2.24. The molecule has 0 saturated carbocycles. The topological polar surface area (TPSA) is 57.7 Å². The largest absolute Gasteiger partial charge is 0.341 e. The fourth-order valence-corrected chi connectivity index (χ4v) is 2.64. The molecule has 20 heavy (non-hydrogen) atoms. The van der Waals surface area contributed by atoms with Crippen LogP contribution in [0.15, 0.2) is 18.2 Å². The molecule has 0 aliphatic carbocycles. The Kier molecular flexibility index (Phi) is 3.00. The second-order valence-electron chi connectivity index (χ2n) is 4.95. The van der Waals surface area contributed by atoms with E-state index in [9.17, 15) is 18.8 Å². The van der Waals surface area contributed by atoms with E-state index in [1.165, 1.54) is 12.1 Å². The zero-order valence-electron chi connectivity index (χ0n) is 10.8. The van der Waals surface area contributed by atoms with Crippen molar-refractivity contribution in [3.8, 4) is 0 Å². The van der Waals surface area contributed by atoms with Gasteiger partial charge in [-0.25, -0.2) is 4.39 Å². The van der Waals surface area contributed by atoms with Crippen LogP contribution in [-0.4, -0.2) is 47.2 Å². The predicted octanol–water partition coefficient (Wildman–Crippen LogP) is 1.04. The first kappa shape index (κ1) is 12.8. The summed E-state index contributed by atoms with van der Waals surface area (Å²) in [5.41, 5.74) is -0.198. The number of halogens is 1. The smallest absolute Gasteiger partial charge is 0.265 e. The summed E-state index contributed by atoms with van der Waals surface area (Å²) in [5.74, 6) is -2.32. The van der Waals surface area contributed by atoms with Crippen LogP contribution in [0.2, 0.25) is 0 Å². The van der Waals surface area contributed by atoms with E-state index < -0.39 is 17.6 Å². The minimum Gasteiger partial charge on any atom is -0.341 e. The van der Waals surface area contributed by atoms with Crippen molar-refractivity contribution in [3.05, 3.63) is 35.1 Å². The van der Waals surface area contributed by atoms with E-state index in [0.29, 0.717) is 13.1 Å². The lowest BCUT2D eigenvalue weighted by molar-refractivity contribution is -0.130. The fraction of sp³-hybridized carbons (Fsp3) is 0.357. The SMILES string of the molecule is O=C(CN1C(=O)c2cccc(F)c2C1=O)N1CCCC1. The number of carbonyl (C=O) groups excluding carboxylic acids is 3. The first-order chi connectivity index (χ1) is 9.59. The number of benzene rings is 1. The lowest BCUT2D eigenvalue weighted by atomic mass is 10.1. The number of hydrogen-bond donors (Lipinski definition) is 0. The van der Waals surface area contributed by atoms with Gasteiger partial charge in [0.05, 0.1) is 11.1 Å². The van der Waals surface area contributed by atoms with Crippen molar-refractivity contribution in [1.82, 2.24) is 9.80 Å². The Morgan fingerprint density at radius 2 is 1.85 bits per heavy atom. The average Bonchev–Trinajstić information content (AvgIpc) is 3.03. The number of imide groups is 1. The summed E-state index contributed by atoms with van der Waals surface area (Å²) >= 11 is 0. The monoisotopic (exact) mass is 276 g/mol. The van der Waals surface area contributed by atoms with Crippen LogP contribution in [0.4, 0.5) is 4.39 Å². The van der Waals surface area contributed by atoms with E-state index >= 15 is 0 Å². The van der Waals surface area contributed by atoms with E-state index in [-0.39, 0.29) is 23.6 Å². The van der Waals surface area contributed by atoms with Crippen LogP contribution in [0, 0.1) is 5.82 Å². The molecule has 0 N–H and O–H groups in total. The second kappa shape index (κ2) is 4.70. The van der Waals surface area contributed by atoms with Crippen molar-refractivity contribution in [3.63, 3.8) is 0 Å². The van der Waals surface area contributed by atoms with Gasteiger partial charge in [0.15, 0.2) is 0 Å². The highest BCUT2D eigenvalue weighted by atomic mass is 19.1. The van der Waals surface area contributed by atoms with E-state index in [2.05, 4.69) is 0 Å². The van der Waals surface area contributed by atoms with Crippen LogP contribution in [0.3, 0.4) is 0 Å². The highest BCUT2D eigenvalue weighted by Crippen LogP contribution is 2.25. The molecule has 1 saturated heterocycles. The van der Waals surface area contributed by atoms with Crippen LogP contribution in [0.5, 0.6) is 0 Å². The second-order valence-corrected chi connectivity index (χ2v) is 4.95. The van der Waals surface area contributed by atoms with Crippen LogP contribution in [-0.2, 0) is 4.79 Å². The molecule has 0 bridgehead atoms. The molecular formula is C14H13FN2O3. The summed E-state index contributed by atoms with van der Waals surface area (Å²) in [4.78, 5) is 38.6. The van der Waals surface area contributed by atoms with Gasteiger partial charge in [0, 0.05) is 13.1 Å². The van der Waals surface area contributed by atoms with Gasteiger partial charge < -0.3 is 4.90 Å². The van der Waals surface area contributed by atoms with Gasteiger partial charge in [-0.05, 0) is 25.0 Å². The molecular weight excluding hydrogens is 263 g/mol. The molecule has 3 amide bonds. The molecule has 0 radical (unpaired) electrons. The van der Waals surface area contributed by atoms with Crippen LogP contribution in [0.1, 0.15) is 33.6 Å². The molecule has 0 unspecified atom stereocenters. The quantitative estimate of drug-likeness (QED) is 0.758. The van der Waals surface area contributed by atoms with Crippen molar-refractivity contribution >= 4 is 17.7 Å². The lowest BCUT2D eigenvalue weighted by Crippen LogP contribution is -2.41. The molecule has 2 aliphatic heterocycles. The van der Waals surface area contributed by atoms with Gasteiger partial charge in [-0.2, -0.15) is 0 Å². The van der Waals surface area contributed by atoms with E-state index in [1.807, 2.05) is 0 Å². The summed E-state index contributed by atoms with van der Waals surface area (Å²) in [6, 6.07) is 3.92. The number of amides is 3. The third kappa shape index (κ3) is 1.88. The number of nitrogens with zero attached hydrogens (tertiary/aromatic N) is 2. The summed E-state index contributed by atoms with van der Waals surface area (Å²) in [5, 5.41) is 0. The third-order valence-corrected chi connectivity index (χ3v) is 3.70. The first-order valence-electron chi connectivity index (χ1n) is 6.52. The molecule has 0 spiro atoms. The van der Waals surface area contributed by atoms with E-state index in [0.717, 1.165) is 23.8 Å². The fourth-order valence-electron chi connectivity index (χ4n) is 2.64. The maximum Gasteiger partial charge on any atom is 0.265 e. The Bertz CT molecular complexity index is 608. The molecule has 1 aromatic carbocycles. The summed E-state index contributed by atoms with van der Waals surface area (Å²) < 4.78 is 13.6. The van der Waals surface area contributed by atoms with Gasteiger partial charge in [0.25, 0.3) is 11.8 Å². The minimum absolute atomic E-state index is 0.0317. The van der Waals surface area contributed by atoms with Gasteiger partial charge in [-0.3, -0.25) is 19.3 Å². The molecule has 3 rings (SSSR count). The number of rotatable bonds is 2. The number of likely N-dealkylation sites (tertiary alicyclic amines) is 1. The zero-order valence-corrected chi connectivity index (χ0v) is 10.8. The Balaban J connectivity index is 1.83. The molecule has 1 aromatic rings. The van der Waals surface area contributed by atoms with Crippen molar-refractivity contribution in [1.29, 1.82) is 0 Å². The Morgan fingerprint density at radius 3 is 2.50 bits per heavy atom. The van der Waals surface area contributed by atoms with Gasteiger partial charge in [-0.1, -0.05) is 6.07 Å². The van der Waals surface area contributed by atoms with Gasteiger partial charge in [-0.15, -0.1) is 0 Å². The first-order valence-corrected chi connectivity index (χ1v) is 6.52. The van der Waals surface area contributed by atoms with Crippen molar-refractivity contribution in [2.24, 2.45) is 0 Å². The standard InChI is InChI=1S/C14H13FN2O3/c15-10-5-3-4-9-12(10)14(20)17(13(9)19)8-11(18)16-6-1-2-7-16/h3-5H,1-2,6-8H2. The highest BCUT2D eigenvalue weighted by Gasteiger charge is 2.39. The summed E-state index contributed by atoms with van der Waals surface area (Å²) in [6.07, 6.45) is 1.87. The van der Waals surface area contributed by atoms with E-state index in [4.69, 9.17) is 0 Å². The molecule has 5 nitrogen and oxygen atoms in total. The average molecular weight is 276 g/mol. The Labute approximate surface area is 115 Å². The predicted molar refractivity (Wildman–Crippen MR) is 67.6 cm³/mol. The summed E-state index contributed by atoms with van der Waals surface area (Å²) in [6.45, 7) is 0.985. The van der Waals surface area contributed by atoms with Gasteiger partial charge in [0.2, 0.25) is 5.91 Å². The van der Waals surface area contributed by atoms with Crippen LogP contribution < -0.4 is 0 Å². The van der Waals surface area contributed by atoms with Crippen molar-refractivity contribution < 1.29 is 18.8 Å². The lowest BCUT2D eigenvalue weighted by Gasteiger charge is -2.19. The Morgan fingerprint density at radius 1 is 1.15 bits per heavy atom. The maximum absolute atomic E-state index is 13.6. The maximum atomic E-state index is 13.6. The number of hydrogen-bond acceptors (Lipinski definition) is 3. The summed E-state index contributed by atoms with van der Waals surface area (Å²) in [7, 11) is 0. The molecule has 104 valence electrons. The number of carbonyl (C=O) groups is 3. The number of fused-ring (bicyclic) bond motifs is 1. The molecule has 0 atom stereocenters.